The van der Waals surface area contributed by atoms with E-state index < -0.39 is 0 Å². The molecular formula is C9H18N2O. The molecule has 1 saturated heterocycles. The van der Waals surface area contributed by atoms with Gasteiger partial charge in [-0.2, -0.15) is 0 Å². The van der Waals surface area contributed by atoms with Crippen molar-refractivity contribution in [3.8, 4) is 0 Å². The molecule has 0 radical (unpaired) electrons. The van der Waals surface area contributed by atoms with Crippen molar-refractivity contribution in [1.29, 1.82) is 0 Å². The second-order valence-electron chi connectivity index (χ2n) is 3.81. The zero-order valence-corrected chi connectivity index (χ0v) is 8.37. The van der Waals surface area contributed by atoms with Crippen LogP contribution in [0, 0.1) is 0 Å². The molecule has 0 aliphatic carbocycles. The van der Waals surface area contributed by atoms with Crippen molar-refractivity contribution in [1.82, 2.24) is 9.80 Å². The molecule has 0 aromatic carbocycles. The Labute approximate surface area is 74.3 Å². The smallest absolute Gasteiger partial charge is 0.219 e. The van der Waals surface area contributed by atoms with E-state index in [1.165, 1.54) is 0 Å². The molecule has 0 saturated carbocycles. The van der Waals surface area contributed by atoms with Gasteiger partial charge in [0.25, 0.3) is 0 Å². The third kappa shape index (κ3) is 1.78. The molecule has 12 heavy (non-hydrogen) atoms. The number of amides is 1. The number of rotatable bonds is 0. The fraction of sp³-hybridized carbons (Fsp3) is 0.889. The number of piperazine rings is 1. The summed E-state index contributed by atoms with van der Waals surface area (Å²) in [7, 11) is 2.11. The number of hydrogen-bond acceptors (Lipinski definition) is 2. The van der Waals surface area contributed by atoms with Gasteiger partial charge in [-0.1, -0.05) is 0 Å². The van der Waals surface area contributed by atoms with Gasteiger partial charge in [0.1, 0.15) is 0 Å². The molecule has 0 bridgehead atoms. The van der Waals surface area contributed by atoms with Gasteiger partial charge in [0.2, 0.25) is 5.91 Å². The van der Waals surface area contributed by atoms with E-state index in [1.54, 1.807) is 6.92 Å². The summed E-state index contributed by atoms with van der Waals surface area (Å²) in [6.07, 6.45) is 0. The van der Waals surface area contributed by atoms with Crippen molar-refractivity contribution in [2.45, 2.75) is 32.9 Å². The zero-order valence-electron chi connectivity index (χ0n) is 8.37. The second kappa shape index (κ2) is 3.44. The van der Waals surface area contributed by atoms with E-state index in [2.05, 4.69) is 25.8 Å². The molecular weight excluding hydrogens is 152 g/mol. The molecule has 3 heteroatoms. The molecule has 2 atom stereocenters. The molecule has 0 N–H and O–H groups in total. The van der Waals surface area contributed by atoms with Crippen LogP contribution in [0.2, 0.25) is 0 Å². The zero-order chi connectivity index (χ0) is 9.30. The lowest BCUT2D eigenvalue weighted by Gasteiger charge is -2.42. The lowest BCUT2D eigenvalue weighted by molar-refractivity contribution is -0.134. The standard InChI is InChI=1S/C9H18N2O/c1-7-6-11(9(3)12)8(2)5-10(7)4/h7-8H,5-6H2,1-4H3. The highest BCUT2D eigenvalue weighted by molar-refractivity contribution is 5.73. The molecule has 0 aromatic rings. The second-order valence-corrected chi connectivity index (χ2v) is 3.81. The third-order valence-corrected chi connectivity index (χ3v) is 2.70. The van der Waals surface area contributed by atoms with Crippen LogP contribution in [0.1, 0.15) is 20.8 Å². The number of hydrogen-bond donors (Lipinski definition) is 0. The minimum Gasteiger partial charge on any atom is -0.337 e. The SMILES string of the molecule is CC(=O)N1CC(C)N(C)CC1C. The van der Waals surface area contributed by atoms with Crippen molar-refractivity contribution in [3.05, 3.63) is 0 Å². The Balaban J connectivity index is 2.61. The van der Waals surface area contributed by atoms with Gasteiger partial charge in [-0.3, -0.25) is 9.69 Å². The van der Waals surface area contributed by atoms with Gasteiger partial charge in [0, 0.05) is 32.1 Å². The molecule has 70 valence electrons. The van der Waals surface area contributed by atoms with Crippen LogP contribution in [-0.2, 0) is 4.79 Å². The highest BCUT2D eigenvalue weighted by Gasteiger charge is 2.27. The van der Waals surface area contributed by atoms with Crippen molar-refractivity contribution < 1.29 is 4.79 Å². The summed E-state index contributed by atoms with van der Waals surface area (Å²) in [5.41, 5.74) is 0. The first kappa shape index (κ1) is 9.52. The van der Waals surface area contributed by atoms with Gasteiger partial charge in [0.05, 0.1) is 0 Å². The van der Waals surface area contributed by atoms with Crippen LogP contribution >= 0.6 is 0 Å². The Bertz CT molecular complexity index is 181. The Morgan fingerprint density at radius 3 is 2.33 bits per heavy atom. The van der Waals surface area contributed by atoms with E-state index >= 15 is 0 Å². The average Bonchev–Trinajstić information content (AvgIpc) is 1.96. The maximum atomic E-state index is 11.2. The van der Waals surface area contributed by atoms with E-state index in [0.29, 0.717) is 12.1 Å². The molecule has 1 heterocycles. The Morgan fingerprint density at radius 2 is 1.83 bits per heavy atom. The minimum absolute atomic E-state index is 0.197. The van der Waals surface area contributed by atoms with Crippen LogP contribution in [0.5, 0.6) is 0 Å². The number of nitrogens with zero attached hydrogens (tertiary/aromatic N) is 2. The topological polar surface area (TPSA) is 23.6 Å². The summed E-state index contributed by atoms with van der Waals surface area (Å²) in [5, 5.41) is 0. The predicted octanol–water partition coefficient (Wildman–Crippen LogP) is 0.557. The first-order valence-corrected chi connectivity index (χ1v) is 4.49. The highest BCUT2D eigenvalue weighted by atomic mass is 16.2. The van der Waals surface area contributed by atoms with E-state index in [-0.39, 0.29) is 5.91 Å². The van der Waals surface area contributed by atoms with Crippen molar-refractivity contribution in [2.24, 2.45) is 0 Å². The summed E-state index contributed by atoms with van der Waals surface area (Å²) in [6, 6.07) is 0.855. The van der Waals surface area contributed by atoms with Crippen molar-refractivity contribution >= 4 is 5.91 Å². The quantitative estimate of drug-likeness (QED) is 0.530. The Kier molecular flexibility index (Phi) is 2.73. The largest absolute Gasteiger partial charge is 0.337 e. The van der Waals surface area contributed by atoms with Crippen LogP contribution in [0.4, 0.5) is 0 Å². The van der Waals surface area contributed by atoms with Gasteiger partial charge in [-0.25, -0.2) is 0 Å². The monoisotopic (exact) mass is 170 g/mol. The van der Waals surface area contributed by atoms with Crippen molar-refractivity contribution in [3.63, 3.8) is 0 Å². The maximum Gasteiger partial charge on any atom is 0.219 e. The molecule has 1 aliphatic rings. The van der Waals surface area contributed by atoms with Gasteiger partial charge in [-0.05, 0) is 20.9 Å². The van der Waals surface area contributed by atoms with Crippen LogP contribution in [-0.4, -0.2) is 47.9 Å². The Morgan fingerprint density at radius 1 is 1.25 bits per heavy atom. The van der Waals surface area contributed by atoms with E-state index in [1.807, 2.05) is 4.90 Å². The lowest BCUT2D eigenvalue weighted by Crippen LogP contribution is -2.56. The molecule has 1 aliphatic heterocycles. The van der Waals surface area contributed by atoms with Gasteiger partial charge in [-0.15, -0.1) is 0 Å². The minimum atomic E-state index is 0.197. The van der Waals surface area contributed by atoms with E-state index in [4.69, 9.17) is 0 Å². The molecule has 3 nitrogen and oxygen atoms in total. The summed E-state index contributed by atoms with van der Waals surface area (Å²) >= 11 is 0. The number of likely N-dealkylation sites (N-methyl/N-ethyl adjacent to an activating group) is 1. The predicted molar refractivity (Wildman–Crippen MR) is 48.9 cm³/mol. The van der Waals surface area contributed by atoms with Crippen LogP contribution in [0.3, 0.4) is 0 Å². The van der Waals surface area contributed by atoms with E-state index in [0.717, 1.165) is 13.1 Å². The molecule has 0 aromatic heterocycles. The normalized spacial score (nSPS) is 32.2. The summed E-state index contributed by atoms with van der Waals surface area (Å²) in [6.45, 7) is 7.76. The first-order chi connectivity index (χ1) is 5.52. The van der Waals surface area contributed by atoms with Crippen molar-refractivity contribution in [2.75, 3.05) is 20.1 Å². The molecule has 1 amide bonds. The molecule has 2 unspecified atom stereocenters. The first-order valence-electron chi connectivity index (χ1n) is 4.49. The van der Waals surface area contributed by atoms with Crippen LogP contribution in [0.15, 0.2) is 0 Å². The third-order valence-electron chi connectivity index (χ3n) is 2.70. The summed E-state index contributed by atoms with van der Waals surface area (Å²) in [4.78, 5) is 15.4. The Hall–Kier alpha value is -0.570. The number of carbonyl (C=O) groups is 1. The molecule has 0 spiro atoms. The summed E-state index contributed by atoms with van der Waals surface area (Å²) in [5.74, 6) is 0.197. The molecule has 1 rings (SSSR count). The van der Waals surface area contributed by atoms with E-state index in [9.17, 15) is 4.79 Å². The van der Waals surface area contributed by atoms with Crippen LogP contribution < -0.4 is 0 Å². The molecule has 1 fully saturated rings. The van der Waals surface area contributed by atoms with Gasteiger partial charge in [0.15, 0.2) is 0 Å². The fourth-order valence-electron chi connectivity index (χ4n) is 1.74. The average molecular weight is 170 g/mol. The summed E-state index contributed by atoms with van der Waals surface area (Å²) < 4.78 is 0. The van der Waals surface area contributed by atoms with Gasteiger partial charge < -0.3 is 4.90 Å². The maximum absolute atomic E-state index is 11.2. The fourth-order valence-corrected chi connectivity index (χ4v) is 1.74. The lowest BCUT2D eigenvalue weighted by atomic mass is 10.1. The van der Waals surface area contributed by atoms with Gasteiger partial charge >= 0.3 is 0 Å². The van der Waals surface area contributed by atoms with Crippen LogP contribution in [0.25, 0.3) is 0 Å². The number of carbonyl (C=O) groups excluding carboxylic acids is 1. The highest BCUT2D eigenvalue weighted by Crippen LogP contribution is 2.12.